The lowest BCUT2D eigenvalue weighted by atomic mass is 9.94. The maximum absolute atomic E-state index is 12.1. The predicted molar refractivity (Wildman–Crippen MR) is 65.1 cm³/mol. The Hall–Kier alpha value is -0.570. The van der Waals surface area contributed by atoms with Crippen molar-refractivity contribution in [1.82, 2.24) is 10.6 Å². The van der Waals surface area contributed by atoms with Gasteiger partial charge in [-0.1, -0.05) is 13.3 Å². The summed E-state index contributed by atoms with van der Waals surface area (Å²) in [7, 11) is 0. The van der Waals surface area contributed by atoms with Gasteiger partial charge in [0.25, 0.3) is 0 Å². The molecule has 0 bridgehead atoms. The van der Waals surface area contributed by atoms with Gasteiger partial charge in [0, 0.05) is 18.6 Å². The summed E-state index contributed by atoms with van der Waals surface area (Å²) in [5.74, 6) is 1.14. The van der Waals surface area contributed by atoms with Crippen molar-refractivity contribution in [3.63, 3.8) is 0 Å². The van der Waals surface area contributed by atoms with Gasteiger partial charge < -0.3 is 10.6 Å². The van der Waals surface area contributed by atoms with E-state index in [2.05, 4.69) is 24.5 Å². The van der Waals surface area contributed by atoms with Crippen molar-refractivity contribution in [3.05, 3.63) is 0 Å². The highest BCUT2D eigenvalue weighted by molar-refractivity contribution is 5.79. The minimum Gasteiger partial charge on any atom is -0.353 e. The van der Waals surface area contributed by atoms with Gasteiger partial charge in [0.15, 0.2) is 0 Å². The SMILES string of the molecule is CC1CCC(C(=O)NC2CCCC2C)CN1. The largest absolute Gasteiger partial charge is 0.353 e. The van der Waals surface area contributed by atoms with Gasteiger partial charge >= 0.3 is 0 Å². The van der Waals surface area contributed by atoms with Crippen LogP contribution in [0.2, 0.25) is 0 Å². The van der Waals surface area contributed by atoms with Crippen LogP contribution in [0.15, 0.2) is 0 Å². The molecule has 2 rings (SSSR count). The summed E-state index contributed by atoms with van der Waals surface area (Å²) in [5, 5.41) is 6.62. The smallest absolute Gasteiger partial charge is 0.224 e. The summed E-state index contributed by atoms with van der Waals surface area (Å²) in [5.41, 5.74) is 0. The molecule has 2 fully saturated rings. The summed E-state index contributed by atoms with van der Waals surface area (Å²) in [6.07, 6.45) is 5.87. The molecule has 4 atom stereocenters. The molecule has 1 aliphatic heterocycles. The number of carbonyl (C=O) groups excluding carboxylic acids is 1. The molecule has 3 nitrogen and oxygen atoms in total. The monoisotopic (exact) mass is 224 g/mol. The van der Waals surface area contributed by atoms with Crippen LogP contribution >= 0.6 is 0 Å². The summed E-state index contributed by atoms with van der Waals surface area (Å²) in [6.45, 7) is 5.29. The van der Waals surface area contributed by atoms with E-state index in [-0.39, 0.29) is 11.8 Å². The second kappa shape index (κ2) is 5.17. The lowest BCUT2D eigenvalue weighted by Gasteiger charge is -2.28. The van der Waals surface area contributed by atoms with Gasteiger partial charge in [-0.05, 0) is 38.5 Å². The Morgan fingerprint density at radius 2 is 2.00 bits per heavy atom. The zero-order chi connectivity index (χ0) is 11.5. The molecule has 4 unspecified atom stereocenters. The molecule has 0 aromatic carbocycles. The van der Waals surface area contributed by atoms with Crippen molar-refractivity contribution in [2.24, 2.45) is 11.8 Å². The number of carbonyl (C=O) groups is 1. The van der Waals surface area contributed by atoms with E-state index in [0.29, 0.717) is 18.0 Å². The zero-order valence-electron chi connectivity index (χ0n) is 10.5. The van der Waals surface area contributed by atoms with Crippen LogP contribution in [0.3, 0.4) is 0 Å². The molecule has 3 heteroatoms. The van der Waals surface area contributed by atoms with E-state index >= 15 is 0 Å². The molecule has 0 radical (unpaired) electrons. The van der Waals surface area contributed by atoms with Crippen molar-refractivity contribution in [2.75, 3.05) is 6.54 Å². The molecule has 1 aliphatic carbocycles. The quantitative estimate of drug-likeness (QED) is 0.749. The minimum atomic E-state index is 0.198. The fourth-order valence-corrected chi connectivity index (χ4v) is 2.88. The van der Waals surface area contributed by atoms with E-state index in [9.17, 15) is 4.79 Å². The van der Waals surface area contributed by atoms with Crippen molar-refractivity contribution in [1.29, 1.82) is 0 Å². The maximum atomic E-state index is 12.1. The normalized spacial score (nSPS) is 39.6. The molecule has 1 amide bonds. The average Bonchev–Trinajstić information content (AvgIpc) is 2.65. The first kappa shape index (κ1) is 11.9. The second-order valence-electron chi connectivity index (χ2n) is 5.61. The minimum absolute atomic E-state index is 0.198. The van der Waals surface area contributed by atoms with Crippen LogP contribution in [0.4, 0.5) is 0 Å². The third-order valence-corrected chi connectivity index (χ3v) is 4.22. The number of hydrogen-bond acceptors (Lipinski definition) is 2. The number of hydrogen-bond donors (Lipinski definition) is 2. The Bertz CT molecular complexity index is 246. The first-order valence-electron chi connectivity index (χ1n) is 6.70. The highest BCUT2D eigenvalue weighted by Gasteiger charge is 2.29. The molecule has 92 valence electrons. The van der Waals surface area contributed by atoms with Crippen LogP contribution in [0, 0.1) is 11.8 Å². The molecule has 0 aromatic heterocycles. The predicted octanol–water partition coefficient (Wildman–Crippen LogP) is 1.68. The van der Waals surface area contributed by atoms with Crippen LogP contribution < -0.4 is 10.6 Å². The molecule has 0 aromatic rings. The molecule has 2 N–H and O–H groups in total. The van der Waals surface area contributed by atoms with Gasteiger partial charge in [-0.15, -0.1) is 0 Å². The van der Waals surface area contributed by atoms with E-state index in [1.807, 2.05) is 0 Å². The molecule has 0 spiro atoms. The Morgan fingerprint density at radius 1 is 1.19 bits per heavy atom. The summed E-state index contributed by atoms with van der Waals surface area (Å²) >= 11 is 0. The number of amides is 1. The maximum Gasteiger partial charge on any atom is 0.224 e. The standard InChI is InChI=1S/C13H24N2O/c1-9-4-3-5-12(9)15-13(16)11-7-6-10(2)14-8-11/h9-12,14H,3-8H2,1-2H3,(H,15,16). The van der Waals surface area contributed by atoms with E-state index in [1.54, 1.807) is 0 Å². The van der Waals surface area contributed by atoms with E-state index in [1.165, 1.54) is 19.3 Å². The van der Waals surface area contributed by atoms with Crippen molar-refractivity contribution in [3.8, 4) is 0 Å². The number of piperidine rings is 1. The van der Waals surface area contributed by atoms with Gasteiger partial charge in [-0.25, -0.2) is 0 Å². The second-order valence-corrected chi connectivity index (χ2v) is 5.61. The van der Waals surface area contributed by atoms with Crippen LogP contribution in [0.1, 0.15) is 46.0 Å². The average molecular weight is 224 g/mol. The van der Waals surface area contributed by atoms with Gasteiger partial charge in [0.05, 0.1) is 5.92 Å². The van der Waals surface area contributed by atoms with Crippen molar-refractivity contribution >= 4 is 5.91 Å². The lowest BCUT2D eigenvalue weighted by molar-refractivity contribution is -0.126. The fraction of sp³-hybridized carbons (Fsp3) is 0.923. The molecule has 1 heterocycles. The number of rotatable bonds is 2. The van der Waals surface area contributed by atoms with Gasteiger partial charge in [0.1, 0.15) is 0 Å². The van der Waals surface area contributed by atoms with Crippen LogP contribution in [-0.4, -0.2) is 24.5 Å². The molecular formula is C13H24N2O. The Kier molecular flexibility index (Phi) is 3.85. The summed E-state index contributed by atoms with van der Waals surface area (Å²) in [4.78, 5) is 12.1. The van der Waals surface area contributed by atoms with E-state index in [0.717, 1.165) is 19.4 Å². The molecule has 1 saturated carbocycles. The van der Waals surface area contributed by atoms with Gasteiger partial charge in [-0.3, -0.25) is 4.79 Å². The first-order valence-corrected chi connectivity index (χ1v) is 6.70. The summed E-state index contributed by atoms with van der Waals surface area (Å²) < 4.78 is 0. The fourth-order valence-electron chi connectivity index (χ4n) is 2.88. The van der Waals surface area contributed by atoms with Crippen molar-refractivity contribution in [2.45, 2.75) is 58.0 Å². The molecule has 2 aliphatic rings. The van der Waals surface area contributed by atoms with Crippen LogP contribution in [0.25, 0.3) is 0 Å². The van der Waals surface area contributed by atoms with Crippen LogP contribution in [0.5, 0.6) is 0 Å². The Morgan fingerprint density at radius 3 is 2.56 bits per heavy atom. The highest BCUT2D eigenvalue weighted by Crippen LogP contribution is 2.25. The van der Waals surface area contributed by atoms with E-state index < -0.39 is 0 Å². The Labute approximate surface area is 98.4 Å². The highest BCUT2D eigenvalue weighted by atomic mass is 16.2. The third kappa shape index (κ3) is 2.76. The summed E-state index contributed by atoms with van der Waals surface area (Å²) in [6, 6.07) is 1.02. The van der Waals surface area contributed by atoms with Crippen LogP contribution in [-0.2, 0) is 4.79 Å². The number of nitrogens with one attached hydrogen (secondary N) is 2. The van der Waals surface area contributed by atoms with E-state index in [4.69, 9.17) is 0 Å². The zero-order valence-corrected chi connectivity index (χ0v) is 10.5. The molecule has 16 heavy (non-hydrogen) atoms. The van der Waals surface area contributed by atoms with Gasteiger partial charge in [-0.2, -0.15) is 0 Å². The van der Waals surface area contributed by atoms with Crippen molar-refractivity contribution < 1.29 is 4.79 Å². The third-order valence-electron chi connectivity index (χ3n) is 4.22. The molecular weight excluding hydrogens is 200 g/mol. The topological polar surface area (TPSA) is 41.1 Å². The lowest BCUT2D eigenvalue weighted by Crippen LogP contribution is -2.47. The molecule has 1 saturated heterocycles. The first-order chi connectivity index (χ1) is 7.66. The van der Waals surface area contributed by atoms with Gasteiger partial charge in [0.2, 0.25) is 5.91 Å². The Balaban J connectivity index is 1.79.